The number of halogens is 2. The van der Waals surface area contributed by atoms with Gasteiger partial charge >= 0.3 is 0 Å². The number of nitrogens with one attached hydrogen (secondary N) is 1. The van der Waals surface area contributed by atoms with E-state index in [1.807, 2.05) is 43.3 Å². The first-order chi connectivity index (χ1) is 10.6. The van der Waals surface area contributed by atoms with Crippen LogP contribution in [0.4, 0.5) is 0 Å². The number of carbonyl (C=O) groups excluding carboxylic acids is 1. The van der Waals surface area contributed by atoms with Gasteiger partial charge in [0.25, 0.3) is 0 Å². The van der Waals surface area contributed by atoms with Gasteiger partial charge in [-0.05, 0) is 30.2 Å². The maximum atomic E-state index is 12.0. The predicted molar refractivity (Wildman–Crippen MR) is 95.6 cm³/mol. The SMILES string of the molecule is C[C@@H](NC(=O)CSCc1c(Cl)cccc1Cl)c1ccccc1. The van der Waals surface area contributed by atoms with Crippen LogP contribution in [0.1, 0.15) is 24.1 Å². The van der Waals surface area contributed by atoms with E-state index in [4.69, 9.17) is 23.2 Å². The summed E-state index contributed by atoms with van der Waals surface area (Å²) in [6.45, 7) is 1.98. The Hall–Kier alpha value is -1.16. The number of thioether (sulfide) groups is 1. The lowest BCUT2D eigenvalue weighted by atomic mass is 10.1. The minimum absolute atomic E-state index is 0.00167. The maximum Gasteiger partial charge on any atom is 0.230 e. The summed E-state index contributed by atoms with van der Waals surface area (Å²) in [7, 11) is 0. The first-order valence-corrected chi connectivity index (χ1v) is 8.84. The van der Waals surface area contributed by atoms with Crippen molar-refractivity contribution in [3.8, 4) is 0 Å². The maximum absolute atomic E-state index is 12.0. The van der Waals surface area contributed by atoms with Crippen molar-refractivity contribution < 1.29 is 4.79 Å². The van der Waals surface area contributed by atoms with E-state index in [2.05, 4.69) is 5.32 Å². The summed E-state index contributed by atoms with van der Waals surface area (Å²) in [5.41, 5.74) is 1.97. The second-order valence-electron chi connectivity index (χ2n) is 4.89. The van der Waals surface area contributed by atoms with Gasteiger partial charge in [-0.2, -0.15) is 0 Å². The fourth-order valence-electron chi connectivity index (χ4n) is 2.02. The lowest BCUT2D eigenvalue weighted by Gasteiger charge is -2.14. The van der Waals surface area contributed by atoms with Crippen LogP contribution in [0.25, 0.3) is 0 Å². The summed E-state index contributed by atoms with van der Waals surface area (Å²) < 4.78 is 0. The molecule has 22 heavy (non-hydrogen) atoms. The summed E-state index contributed by atoms with van der Waals surface area (Å²) in [4.78, 5) is 12.0. The standard InChI is InChI=1S/C17H17Cl2NOS/c1-12(13-6-3-2-4-7-13)20-17(21)11-22-10-14-15(18)8-5-9-16(14)19/h2-9,12H,10-11H2,1H3,(H,20,21)/t12-/m1/s1. The smallest absolute Gasteiger partial charge is 0.230 e. The van der Waals surface area contributed by atoms with Gasteiger partial charge in [-0.25, -0.2) is 0 Å². The van der Waals surface area contributed by atoms with Gasteiger partial charge in [0, 0.05) is 15.8 Å². The Bertz CT molecular complexity index is 614. The molecule has 0 unspecified atom stereocenters. The zero-order valence-electron chi connectivity index (χ0n) is 12.2. The molecule has 0 aliphatic heterocycles. The second-order valence-corrected chi connectivity index (χ2v) is 6.69. The van der Waals surface area contributed by atoms with Crippen molar-refractivity contribution in [1.29, 1.82) is 0 Å². The highest BCUT2D eigenvalue weighted by atomic mass is 35.5. The van der Waals surface area contributed by atoms with Crippen molar-refractivity contribution in [2.24, 2.45) is 0 Å². The third-order valence-corrected chi connectivity index (χ3v) is 4.89. The summed E-state index contributed by atoms with van der Waals surface area (Å²) in [6, 6.07) is 15.3. The molecule has 1 amide bonds. The van der Waals surface area contributed by atoms with Gasteiger partial charge in [-0.15, -0.1) is 11.8 Å². The Morgan fingerprint density at radius 1 is 1.09 bits per heavy atom. The van der Waals surface area contributed by atoms with Crippen molar-refractivity contribution in [3.63, 3.8) is 0 Å². The molecule has 5 heteroatoms. The molecule has 116 valence electrons. The molecule has 0 saturated carbocycles. The highest BCUT2D eigenvalue weighted by Gasteiger charge is 2.10. The molecule has 0 saturated heterocycles. The zero-order chi connectivity index (χ0) is 15.9. The number of hydrogen-bond donors (Lipinski definition) is 1. The van der Waals surface area contributed by atoms with E-state index >= 15 is 0 Å². The Balaban J connectivity index is 1.81. The van der Waals surface area contributed by atoms with Gasteiger partial charge < -0.3 is 5.32 Å². The molecular formula is C17H17Cl2NOS. The third kappa shape index (κ3) is 4.94. The van der Waals surface area contributed by atoms with Crippen LogP contribution in [0.2, 0.25) is 10.0 Å². The molecule has 0 spiro atoms. The van der Waals surface area contributed by atoms with E-state index in [0.717, 1.165) is 11.1 Å². The molecule has 0 aromatic heterocycles. The van der Waals surface area contributed by atoms with Gasteiger partial charge in [0.05, 0.1) is 11.8 Å². The minimum Gasteiger partial charge on any atom is -0.349 e. The van der Waals surface area contributed by atoms with Crippen molar-refractivity contribution in [3.05, 3.63) is 69.7 Å². The largest absolute Gasteiger partial charge is 0.349 e. The predicted octanol–water partition coefficient (Wildman–Crippen LogP) is 5.10. The molecule has 1 N–H and O–H groups in total. The van der Waals surface area contributed by atoms with Crippen LogP contribution in [-0.4, -0.2) is 11.7 Å². The Morgan fingerprint density at radius 2 is 1.73 bits per heavy atom. The number of benzene rings is 2. The van der Waals surface area contributed by atoms with Crippen molar-refractivity contribution in [1.82, 2.24) is 5.32 Å². The highest BCUT2D eigenvalue weighted by molar-refractivity contribution is 7.99. The minimum atomic E-state index is -0.00167. The lowest BCUT2D eigenvalue weighted by molar-refractivity contribution is -0.119. The number of rotatable bonds is 6. The van der Waals surface area contributed by atoms with Crippen LogP contribution >= 0.6 is 35.0 Å². The first kappa shape index (κ1) is 17.2. The third-order valence-electron chi connectivity index (χ3n) is 3.22. The molecule has 0 fully saturated rings. The van der Waals surface area contributed by atoms with Gasteiger partial charge in [0.2, 0.25) is 5.91 Å². The molecule has 0 heterocycles. The van der Waals surface area contributed by atoms with Crippen LogP contribution < -0.4 is 5.32 Å². The number of carbonyl (C=O) groups is 1. The number of amides is 1. The van der Waals surface area contributed by atoms with Crippen LogP contribution in [0.3, 0.4) is 0 Å². The second kappa shape index (κ2) is 8.47. The van der Waals surface area contributed by atoms with Crippen molar-refractivity contribution in [2.45, 2.75) is 18.7 Å². The van der Waals surface area contributed by atoms with E-state index in [1.54, 1.807) is 12.1 Å². The normalized spacial score (nSPS) is 12.0. The van der Waals surface area contributed by atoms with Crippen LogP contribution in [0.5, 0.6) is 0 Å². The summed E-state index contributed by atoms with van der Waals surface area (Å²) in [5.74, 6) is 0.995. The van der Waals surface area contributed by atoms with Crippen LogP contribution in [-0.2, 0) is 10.5 Å². The molecule has 0 aliphatic rings. The molecule has 2 aromatic carbocycles. The van der Waals surface area contributed by atoms with Crippen molar-refractivity contribution in [2.75, 3.05) is 5.75 Å². The van der Waals surface area contributed by atoms with E-state index in [-0.39, 0.29) is 11.9 Å². The lowest BCUT2D eigenvalue weighted by Crippen LogP contribution is -2.28. The van der Waals surface area contributed by atoms with Crippen LogP contribution in [0.15, 0.2) is 48.5 Å². The van der Waals surface area contributed by atoms with Crippen molar-refractivity contribution >= 4 is 40.9 Å². The summed E-state index contributed by atoms with van der Waals surface area (Å²) in [5, 5.41) is 4.26. The monoisotopic (exact) mass is 353 g/mol. The molecular weight excluding hydrogens is 337 g/mol. The van der Waals surface area contributed by atoms with Crippen LogP contribution in [0, 0.1) is 0 Å². The zero-order valence-corrected chi connectivity index (χ0v) is 14.5. The quantitative estimate of drug-likeness (QED) is 0.782. The van der Waals surface area contributed by atoms with Gasteiger partial charge in [0.15, 0.2) is 0 Å². The van der Waals surface area contributed by atoms with E-state index < -0.39 is 0 Å². The van der Waals surface area contributed by atoms with E-state index in [0.29, 0.717) is 21.6 Å². The highest BCUT2D eigenvalue weighted by Crippen LogP contribution is 2.28. The molecule has 1 atom stereocenters. The van der Waals surface area contributed by atoms with E-state index in [1.165, 1.54) is 11.8 Å². The van der Waals surface area contributed by atoms with Gasteiger partial charge in [-0.3, -0.25) is 4.79 Å². The average molecular weight is 354 g/mol. The van der Waals surface area contributed by atoms with Gasteiger partial charge in [-0.1, -0.05) is 59.6 Å². The fraction of sp³-hybridized carbons (Fsp3) is 0.235. The summed E-state index contributed by atoms with van der Waals surface area (Å²) in [6.07, 6.45) is 0. The topological polar surface area (TPSA) is 29.1 Å². The molecule has 2 nitrogen and oxygen atoms in total. The fourth-order valence-corrected chi connectivity index (χ4v) is 3.60. The molecule has 2 aromatic rings. The Labute approximate surface area is 145 Å². The Kier molecular flexibility index (Phi) is 6.62. The van der Waals surface area contributed by atoms with E-state index in [9.17, 15) is 4.79 Å². The summed E-state index contributed by atoms with van der Waals surface area (Å²) >= 11 is 13.7. The average Bonchev–Trinajstić information content (AvgIpc) is 2.51. The molecule has 0 bridgehead atoms. The molecule has 0 aliphatic carbocycles. The molecule has 2 rings (SSSR count). The van der Waals surface area contributed by atoms with Gasteiger partial charge in [0.1, 0.15) is 0 Å². The number of hydrogen-bond acceptors (Lipinski definition) is 2. The molecule has 0 radical (unpaired) electrons. The first-order valence-electron chi connectivity index (χ1n) is 6.93. The Morgan fingerprint density at radius 3 is 2.36 bits per heavy atom.